The van der Waals surface area contributed by atoms with E-state index in [2.05, 4.69) is 25.7 Å². The quantitative estimate of drug-likeness (QED) is 0.660. The van der Waals surface area contributed by atoms with E-state index in [1.54, 1.807) is 6.26 Å². The van der Waals surface area contributed by atoms with Gasteiger partial charge in [-0.25, -0.2) is 0 Å². The minimum absolute atomic E-state index is 0.0556. The van der Waals surface area contributed by atoms with Crippen molar-refractivity contribution in [3.05, 3.63) is 36.3 Å². The number of rotatable bonds is 5. The number of nitrogens with one attached hydrogen (secondary N) is 1. The van der Waals surface area contributed by atoms with Crippen LogP contribution in [0.2, 0.25) is 0 Å². The van der Waals surface area contributed by atoms with Crippen LogP contribution in [0.3, 0.4) is 0 Å². The molecule has 0 amide bonds. The van der Waals surface area contributed by atoms with E-state index >= 15 is 0 Å². The molecule has 3 N–H and O–H groups in total. The molecular weight excluding hydrogens is 350 g/mol. The Balaban J connectivity index is 1.49. The first-order valence-electron chi connectivity index (χ1n) is 11.1. The van der Waals surface area contributed by atoms with Gasteiger partial charge in [-0.05, 0) is 92.2 Å². The first kappa shape index (κ1) is 20.2. The number of allylic oxidation sites excluding steroid dienone is 1. The average molecular weight is 388 g/mol. The normalized spacial score (nSPS) is 43.9. The molecule has 4 nitrogen and oxygen atoms in total. The number of aliphatic hydroxyl groups is 2. The minimum Gasteiger partial charge on any atom is -0.468 e. The van der Waals surface area contributed by atoms with Crippen LogP contribution >= 0.6 is 0 Å². The molecule has 0 aromatic carbocycles. The van der Waals surface area contributed by atoms with Crippen LogP contribution in [-0.2, 0) is 6.54 Å². The van der Waals surface area contributed by atoms with Crippen LogP contribution in [-0.4, -0.2) is 29.0 Å². The standard InChI is InChI=1S/C24H37NO3/c1-16-6-7-20-22(27)21(9-11-23(16,20)2)24(3)10-8-18(26)13-17(24)14-25-15-19-5-4-12-28-19/h4-5,12,17-18,20-22,25-27H,1,6-11,13-15H2,2-3H3. The van der Waals surface area contributed by atoms with E-state index in [0.29, 0.717) is 24.3 Å². The highest BCUT2D eigenvalue weighted by Crippen LogP contribution is 2.61. The van der Waals surface area contributed by atoms with Crippen molar-refractivity contribution in [3.63, 3.8) is 0 Å². The van der Waals surface area contributed by atoms with Crippen LogP contribution in [0.15, 0.2) is 35.0 Å². The van der Waals surface area contributed by atoms with E-state index in [9.17, 15) is 10.2 Å². The van der Waals surface area contributed by atoms with Crippen LogP contribution in [0.1, 0.15) is 64.6 Å². The first-order chi connectivity index (χ1) is 13.3. The molecular formula is C24H37NO3. The summed E-state index contributed by atoms with van der Waals surface area (Å²) in [5.74, 6) is 1.95. The van der Waals surface area contributed by atoms with Gasteiger partial charge in [0.05, 0.1) is 25.0 Å². The van der Waals surface area contributed by atoms with E-state index < -0.39 is 0 Å². The molecule has 7 atom stereocenters. The summed E-state index contributed by atoms with van der Waals surface area (Å²) in [6.07, 6.45) is 8.23. The van der Waals surface area contributed by atoms with Crippen molar-refractivity contribution in [2.24, 2.45) is 28.6 Å². The third-order valence-corrected chi connectivity index (χ3v) is 8.80. The lowest BCUT2D eigenvalue weighted by Gasteiger charge is -2.55. The number of furan rings is 1. The van der Waals surface area contributed by atoms with Crippen molar-refractivity contribution in [3.8, 4) is 0 Å². The molecule has 3 aliphatic carbocycles. The highest BCUT2D eigenvalue weighted by Gasteiger charge is 2.56. The predicted octanol–water partition coefficient (Wildman–Crippen LogP) is 4.28. The van der Waals surface area contributed by atoms with Crippen LogP contribution < -0.4 is 5.32 Å². The maximum absolute atomic E-state index is 11.5. The Bertz CT molecular complexity index is 686. The van der Waals surface area contributed by atoms with Crippen LogP contribution in [0.4, 0.5) is 0 Å². The maximum atomic E-state index is 11.5. The Morgan fingerprint density at radius 3 is 2.75 bits per heavy atom. The van der Waals surface area contributed by atoms with Gasteiger partial charge >= 0.3 is 0 Å². The topological polar surface area (TPSA) is 65.6 Å². The summed E-state index contributed by atoms with van der Waals surface area (Å²) in [5, 5.41) is 25.4. The lowest BCUT2D eigenvalue weighted by molar-refractivity contribution is -0.118. The highest BCUT2D eigenvalue weighted by molar-refractivity contribution is 5.21. The van der Waals surface area contributed by atoms with E-state index in [0.717, 1.165) is 57.3 Å². The Morgan fingerprint density at radius 1 is 1.18 bits per heavy atom. The summed E-state index contributed by atoms with van der Waals surface area (Å²) < 4.78 is 5.44. The van der Waals surface area contributed by atoms with Gasteiger partial charge in [-0.3, -0.25) is 0 Å². The molecule has 7 unspecified atom stereocenters. The maximum Gasteiger partial charge on any atom is 0.117 e. The molecule has 0 radical (unpaired) electrons. The average Bonchev–Trinajstić information content (AvgIpc) is 3.27. The molecule has 4 heteroatoms. The minimum atomic E-state index is -0.259. The molecule has 0 saturated heterocycles. The highest BCUT2D eigenvalue weighted by atomic mass is 16.3. The van der Waals surface area contributed by atoms with Crippen molar-refractivity contribution in [1.29, 1.82) is 0 Å². The molecule has 3 saturated carbocycles. The van der Waals surface area contributed by atoms with Gasteiger partial charge in [-0.1, -0.05) is 26.0 Å². The zero-order valence-corrected chi connectivity index (χ0v) is 17.5. The third-order valence-electron chi connectivity index (χ3n) is 8.80. The molecule has 0 bridgehead atoms. The zero-order chi connectivity index (χ0) is 19.9. The fourth-order valence-electron chi connectivity index (χ4n) is 6.72. The fourth-order valence-corrected chi connectivity index (χ4v) is 6.72. The van der Waals surface area contributed by atoms with Gasteiger partial charge in [0, 0.05) is 0 Å². The summed E-state index contributed by atoms with van der Waals surface area (Å²) in [4.78, 5) is 0. The number of hydrogen-bond donors (Lipinski definition) is 3. The van der Waals surface area contributed by atoms with E-state index in [4.69, 9.17) is 4.42 Å². The second-order valence-corrected chi connectivity index (χ2v) is 10.1. The molecule has 0 spiro atoms. The first-order valence-corrected chi connectivity index (χ1v) is 11.1. The Morgan fingerprint density at radius 2 is 2.00 bits per heavy atom. The fraction of sp³-hybridized carbons (Fsp3) is 0.750. The molecule has 1 aromatic heterocycles. The Labute approximate surface area is 169 Å². The van der Waals surface area contributed by atoms with Crippen LogP contribution in [0, 0.1) is 28.6 Å². The number of fused-ring (bicyclic) bond motifs is 1. The SMILES string of the molecule is C=C1CCC2C(O)C(C3(C)CCC(O)CC3CNCc3ccco3)CCC12C. The van der Waals surface area contributed by atoms with Gasteiger partial charge in [0.25, 0.3) is 0 Å². The summed E-state index contributed by atoms with van der Waals surface area (Å²) in [6, 6.07) is 3.90. The van der Waals surface area contributed by atoms with Crippen molar-refractivity contribution >= 4 is 0 Å². The lowest BCUT2D eigenvalue weighted by Crippen LogP contribution is -2.54. The van der Waals surface area contributed by atoms with Crippen molar-refractivity contribution < 1.29 is 14.6 Å². The van der Waals surface area contributed by atoms with Crippen molar-refractivity contribution in [2.45, 2.75) is 77.5 Å². The largest absolute Gasteiger partial charge is 0.468 e. The van der Waals surface area contributed by atoms with Gasteiger partial charge < -0.3 is 19.9 Å². The summed E-state index contributed by atoms with van der Waals surface area (Å²) in [7, 11) is 0. The number of hydrogen-bond acceptors (Lipinski definition) is 4. The van der Waals surface area contributed by atoms with E-state index in [-0.39, 0.29) is 23.0 Å². The molecule has 4 rings (SSSR count). The van der Waals surface area contributed by atoms with Crippen LogP contribution in [0.25, 0.3) is 0 Å². The van der Waals surface area contributed by atoms with E-state index in [1.807, 2.05) is 12.1 Å². The van der Waals surface area contributed by atoms with Gasteiger partial charge in [-0.15, -0.1) is 0 Å². The Hall–Kier alpha value is -1.10. The van der Waals surface area contributed by atoms with Gasteiger partial charge in [-0.2, -0.15) is 0 Å². The molecule has 3 fully saturated rings. The zero-order valence-electron chi connectivity index (χ0n) is 17.5. The van der Waals surface area contributed by atoms with E-state index in [1.165, 1.54) is 5.57 Å². The van der Waals surface area contributed by atoms with Crippen molar-refractivity contribution in [1.82, 2.24) is 5.32 Å². The second kappa shape index (κ2) is 7.62. The lowest BCUT2D eigenvalue weighted by atomic mass is 9.52. The molecule has 1 aromatic rings. The molecule has 28 heavy (non-hydrogen) atoms. The molecule has 156 valence electrons. The number of aliphatic hydroxyl groups excluding tert-OH is 2. The van der Waals surface area contributed by atoms with Crippen molar-refractivity contribution in [2.75, 3.05) is 6.54 Å². The second-order valence-electron chi connectivity index (χ2n) is 10.1. The predicted molar refractivity (Wildman–Crippen MR) is 111 cm³/mol. The van der Waals surface area contributed by atoms with Gasteiger partial charge in [0.15, 0.2) is 0 Å². The monoisotopic (exact) mass is 387 g/mol. The Kier molecular flexibility index (Phi) is 5.49. The molecule has 1 heterocycles. The summed E-state index contributed by atoms with van der Waals surface area (Å²) in [5.41, 5.74) is 1.52. The smallest absolute Gasteiger partial charge is 0.117 e. The third kappa shape index (κ3) is 3.38. The van der Waals surface area contributed by atoms with Gasteiger partial charge in [0.1, 0.15) is 5.76 Å². The van der Waals surface area contributed by atoms with Gasteiger partial charge in [0.2, 0.25) is 0 Å². The molecule has 0 aliphatic heterocycles. The summed E-state index contributed by atoms with van der Waals surface area (Å²) in [6.45, 7) is 10.6. The van der Waals surface area contributed by atoms with Crippen LogP contribution in [0.5, 0.6) is 0 Å². The molecule has 3 aliphatic rings. The summed E-state index contributed by atoms with van der Waals surface area (Å²) >= 11 is 0.